The lowest BCUT2D eigenvalue weighted by molar-refractivity contribution is -0.119. The van der Waals surface area contributed by atoms with E-state index in [1.807, 2.05) is 12.1 Å². The lowest BCUT2D eigenvalue weighted by Gasteiger charge is -2.34. The fraction of sp³-hybridized carbons (Fsp3) is 0.348. The summed E-state index contributed by atoms with van der Waals surface area (Å²) in [7, 11) is 0. The van der Waals surface area contributed by atoms with Crippen LogP contribution in [0, 0.1) is 17.8 Å². The smallest absolute Gasteiger partial charge is 0.230 e. The van der Waals surface area contributed by atoms with E-state index in [9.17, 15) is 14.4 Å². The third-order valence-corrected chi connectivity index (χ3v) is 6.14. The van der Waals surface area contributed by atoms with Crippen LogP contribution in [0.1, 0.15) is 46.4 Å². The molecule has 4 rings (SSSR count). The van der Waals surface area contributed by atoms with Crippen molar-refractivity contribution in [3.63, 3.8) is 0 Å². The normalized spacial score (nSPS) is 24.8. The van der Waals surface area contributed by atoms with Crippen molar-refractivity contribution in [1.82, 2.24) is 0 Å². The number of ketones is 3. The van der Waals surface area contributed by atoms with Gasteiger partial charge >= 0.3 is 0 Å². The topological polar surface area (TPSA) is 60.4 Å². The molecule has 144 valence electrons. The van der Waals surface area contributed by atoms with Crippen molar-refractivity contribution in [3.8, 4) is 5.75 Å². The molecule has 0 radical (unpaired) electrons. The Bertz CT molecular complexity index is 910. The molecule has 0 spiro atoms. The second-order valence-electron chi connectivity index (χ2n) is 7.63. The zero-order chi connectivity index (χ0) is 19.7. The van der Waals surface area contributed by atoms with Crippen LogP contribution in [0.5, 0.6) is 5.75 Å². The van der Waals surface area contributed by atoms with E-state index >= 15 is 0 Å². The first-order chi connectivity index (χ1) is 13.5. The zero-order valence-electron chi connectivity index (χ0n) is 15.4. The molecule has 5 heteroatoms. The fourth-order valence-corrected chi connectivity index (χ4v) is 4.44. The van der Waals surface area contributed by atoms with Gasteiger partial charge in [0.15, 0.2) is 5.78 Å². The molecule has 2 aliphatic rings. The van der Waals surface area contributed by atoms with Gasteiger partial charge in [-0.1, -0.05) is 35.9 Å². The summed E-state index contributed by atoms with van der Waals surface area (Å²) in [6.07, 6.45) is 3.27. The molecule has 4 nitrogen and oxygen atoms in total. The Hall–Kier alpha value is -2.46. The molecule has 28 heavy (non-hydrogen) atoms. The molecule has 2 aromatic rings. The van der Waals surface area contributed by atoms with Crippen LogP contribution in [0.3, 0.4) is 0 Å². The van der Waals surface area contributed by atoms with Gasteiger partial charge in [-0.2, -0.15) is 0 Å². The van der Waals surface area contributed by atoms with Gasteiger partial charge in [0.1, 0.15) is 5.75 Å². The van der Waals surface area contributed by atoms with E-state index in [1.165, 1.54) is 0 Å². The quantitative estimate of drug-likeness (QED) is 0.550. The maximum atomic E-state index is 12.9. The van der Waals surface area contributed by atoms with E-state index in [0.29, 0.717) is 23.1 Å². The number of fused-ring (bicyclic) bond motifs is 1. The molecule has 0 heterocycles. The van der Waals surface area contributed by atoms with Crippen LogP contribution >= 0.6 is 11.6 Å². The van der Waals surface area contributed by atoms with Gasteiger partial charge in [0.2, 0.25) is 11.6 Å². The van der Waals surface area contributed by atoms with E-state index in [4.69, 9.17) is 16.3 Å². The molecule has 0 bridgehead atoms. The van der Waals surface area contributed by atoms with Crippen LogP contribution in [-0.4, -0.2) is 24.0 Å². The van der Waals surface area contributed by atoms with Crippen molar-refractivity contribution >= 4 is 29.0 Å². The molecule has 2 aliphatic carbocycles. The van der Waals surface area contributed by atoms with E-state index < -0.39 is 17.5 Å². The number of carbonyl (C=O) groups is 3. The SMILES string of the molecule is O=C1C(=O)C(C2CCC(COc3ccc(Cl)cc3)CC2)C(=O)c2ccccc21. The molecule has 1 unspecified atom stereocenters. The van der Waals surface area contributed by atoms with Crippen molar-refractivity contribution in [2.24, 2.45) is 17.8 Å². The van der Waals surface area contributed by atoms with E-state index in [-0.39, 0.29) is 17.3 Å². The second-order valence-corrected chi connectivity index (χ2v) is 8.06. The third-order valence-electron chi connectivity index (χ3n) is 5.89. The minimum atomic E-state index is -0.819. The number of Topliss-reactive ketones (excluding diaryl/α,β-unsaturated/α-hetero) is 3. The fourth-order valence-electron chi connectivity index (χ4n) is 4.32. The monoisotopic (exact) mass is 396 g/mol. The van der Waals surface area contributed by atoms with Gasteiger partial charge in [-0.15, -0.1) is 0 Å². The number of hydrogen-bond acceptors (Lipinski definition) is 4. The molecule has 2 aromatic carbocycles. The van der Waals surface area contributed by atoms with Crippen LogP contribution < -0.4 is 4.74 Å². The molecular formula is C23H21ClO4. The predicted molar refractivity (Wildman–Crippen MR) is 106 cm³/mol. The minimum absolute atomic E-state index is 0.0657. The number of hydrogen-bond donors (Lipinski definition) is 0. The maximum Gasteiger partial charge on any atom is 0.230 e. The number of halogens is 1. The summed E-state index contributed by atoms with van der Waals surface area (Å²) in [5, 5.41) is 0.672. The number of ether oxygens (including phenoxy) is 1. The average Bonchev–Trinajstić information content (AvgIpc) is 2.73. The summed E-state index contributed by atoms with van der Waals surface area (Å²) in [6.45, 7) is 0.600. The molecule has 0 aliphatic heterocycles. The Morgan fingerprint density at radius 3 is 2.14 bits per heavy atom. The largest absolute Gasteiger partial charge is 0.493 e. The summed E-state index contributed by atoms with van der Waals surface area (Å²) in [5.41, 5.74) is 0.643. The van der Waals surface area contributed by atoms with Crippen molar-refractivity contribution < 1.29 is 19.1 Å². The Labute approximate surface area is 168 Å². The number of rotatable bonds is 4. The molecule has 0 N–H and O–H groups in total. The highest BCUT2D eigenvalue weighted by molar-refractivity contribution is 6.51. The van der Waals surface area contributed by atoms with Crippen molar-refractivity contribution in [3.05, 3.63) is 64.7 Å². The standard InChI is InChI=1S/C23H21ClO4/c24-16-9-11-17(12-10-16)28-13-14-5-7-15(8-6-14)20-21(25)18-3-1-2-4-19(18)22(26)23(20)27/h1-4,9-12,14-15,20H,5-8,13H2. The van der Waals surface area contributed by atoms with Gasteiger partial charge in [0.05, 0.1) is 12.5 Å². The van der Waals surface area contributed by atoms with Crippen LogP contribution in [0.25, 0.3) is 0 Å². The van der Waals surface area contributed by atoms with Crippen molar-refractivity contribution in [1.29, 1.82) is 0 Å². The van der Waals surface area contributed by atoms with E-state index in [1.54, 1.807) is 36.4 Å². The number of benzene rings is 2. The molecule has 0 amide bonds. The highest BCUT2D eigenvalue weighted by Crippen LogP contribution is 2.38. The molecular weight excluding hydrogens is 376 g/mol. The zero-order valence-corrected chi connectivity index (χ0v) is 16.2. The first kappa shape index (κ1) is 18.9. The summed E-state index contributed by atoms with van der Waals surface area (Å²) in [6, 6.07) is 13.9. The average molecular weight is 397 g/mol. The van der Waals surface area contributed by atoms with Crippen molar-refractivity contribution in [2.75, 3.05) is 6.61 Å². The first-order valence-electron chi connectivity index (χ1n) is 9.64. The Balaban J connectivity index is 1.38. The molecule has 0 aromatic heterocycles. The maximum absolute atomic E-state index is 12.9. The van der Waals surface area contributed by atoms with E-state index in [2.05, 4.69) is 0 Å². The highest BCUT2D eigenvalue weighted by atomic mass is 35.5. The van der Waals surface area contributed by atoms with Gasteiger partial charge in [0.25, 0.3) is 0 Å². The van der Waals surface area contributed by atoms with Crippen molar-refractivity contribution in [2.45, 2.75) is 25.7 Å². The molecule has 0 saturated heterocycles. The first-order valence-corrected chi connectivity index (χ1v) is 10.0. The third kappa shape index (κ3) is 3.61. The minimum Gasteiger partial charge on any atom is -0.493 e. The lowest BCUT2D eigenvalue weighted by Crippen LogP contribution is -2.42. The number of carbonyl (C=O) groups excluding carboxylic acids is 3. The van der Waals surface area contributed by atoms with E-state index in [0.717, 1.165) is 31.4 Å². The van der Waals surface area contributed by atoms with Gasteiger partial charge < -0.3 is 4.74 Å². The summed E-state index contributed by atoms with van der Waals surface area (Å²) in [5.74, 6) is -0.973. The highest BCUT2D eigenvalue weighted by Gasteiger charge is 2.45. The van der Waals surface area contributed by atoms with Gasteiger partial charge in [0, 0.05) is 16.1 Å². The van der Waals surface area contributed by atoms with Crippen LogP contribution in [0.2, 0.25) is 5.02 Å². The van der Waals surface area contributed by atoms with Crippen LogP contribution in [0.15, 0.2) is 48.5 Å². The van der Waals surface area contributed by atoms with Crippen LogP contribution in [-0.2, 0) is 4.79 Å². The lowest BCUT2D eigenvalue weighted by atomic mass is 9.68. The Kier molecular flexibility index (Phi) is 5.31. The molecule has 1 saturated carbocycles. The predicted octanol–water partition coefficient (Wildman–Crippen LogP) is 4.79. The summed E-state index contributed by atoms with van der Waals surface area (Å²) >= 11 is 5.88. The summed E-state index contributed by atoms with van der Waals surface area (Å²) in [4.78, 5) is 37.9. The van der Waals surface area contributed by atoms with Gasteiger partial charge in [-0.25, -0.2) is 0 Å². The molecule has 1 fully saturated rings. The molecule has 1 atom stereocenters. The van der Waals surface area contributed by atoms with Gasteiger partial charge in [-0.05, 0) is 61.8 Å². The Morgan fingerprint density at radius 1 is 0.821 bits per heavy atom. The Morgan fingerprint density at radius 2 is 1.46 bits per heavy atom. The van der Waals surface area contributed by atoms with Gasteiger partial charge in [-0.3, -0.25) is 14.4 Å². The second kappa shape index (κ2) is 7.88. The van der Waals surface area contributed by atoms with Crippen LogP contribution in [0.4, 0.5) is 0 Å². The summed E-state index contributed by atoms with van der Waals surface area (Å²) < 4.78 is 5.84.